The van der Waals surface area contributed by atoms with Crippen LogP contribution >= 0.6 is 11.3 Å². The Morgan fingerprint density at radius 2 is 0.940 bits per heavy atom. The molecule has 234 valence electrons. The predicted octanol–water partition coefficient (Wildman–Crippen LogP) is 12.0. The van der Waals surface area contributed by atoms with Gasteiger partial charge in [-0.3, -0.25) is 0 Å². The highest BCUT2D eigenvalue weighted by molar-refractivity contribution is 7.27. The van der Waals surface area contributed by atoms with Crippen molar-refractivity contribution in [3.8, 4) is 51.0 Å². The number of hydrogen-bond acceptors (Lipinski definition) is 4. The van der Waals surface area contributed by atoms with Crippen LogP contribution < -0.4 is 0 Å². The van der Waals surface area contributed by atoms with Gasteiger partial charge >= 0.3 is 0 Å². The molecule has 0 amide bonds. The average Bonchev–Trinajstić information content (AvgIpc) is 3.75. The predicted molar refractivity (Wildman–Crippen MR) is 209 cm³/mol. The van der Waals surface area contributed by atoms with Crippen molar-refractivity contribution in [3.05, 3.63) is 170 Å². The fourth-order valence-corrected chi connectivity index (χ4v) is 8.51. The van der Waals surface area contributed by atoms with Crippen LogP contribution in [0.1, 0.15) is 0 Å². The Bertz CT molecular complexity index is 2800. The van der Waals surface area contributed by atoms with Gasteiger partial charge in [0.15, 0.2) is 17.5 Å². The molecular weight excluding hydrogens is 629 g/mol. The number of fused-ring (bicyclic) bond motifs is 7. The average molecular weight is 657 g/mol. The molecule has 10 aromatic rings. The smallest absolute Gasteiger partial charge is 0.165 e. The highest BCUT2D eigenvalue weighted by Crippen LogP contribution is 2.46. The summed E-state index contributed by atoms with van der Waals surface area (Å²) in [6, 6.07) is 59.6. The van der Waals surface area contributed by atoms with Crippen LogP contribution in [0, 0.1) is 0 Å². The molecule has 50 heavy (non-hydrogen) atoms. The lowest BCUT2D eigenvalue weighted by molar-refractivity contribution is 1.08. The fourth-order valence-electron chi connectivity index (χ4n) is 7.15. The van der Waals surface area contributed by atoms with Crippen molar-refractivity contribution in [2.75, 3.05) is 0 Å². The van der Waals surface area contributed by atoms with E-state index in [0.29, 0.717) is 17.5 Å². The number of nitrogens with zero attached hydrogens (tertiary/aromatic N) is 4. The molecule has 7 aromatic carbocycles. The Morgan fingerprint density at radius 1 is 0.380 bits per heavy atom. The second-order valence-corrected chi connectivity index (χ2v) is 13.4. The van der Waals surface area contributed by atoms with E-state index >= 15 is 0 Å². The third-order valence-corrected chi connectivity index (χ3v) is 10.7. The Kier molecular flexibility index (Phi) is 6.64. The van der Waals surface area contributed by atoms with Crippen molar-refractivity contribution >= 4 is 53.3 Å². The molecule has 0 saturated heterocycles. The van der Waals surface area contributed by atoms with Gasteiger partial charge in [-0.1, -0.05) is 140 Å². The number of rotatable bonds is 5. The van der Waals surface area contributed by atoms with Crippen LogP contribution in [0.5, 0.6) is 0 Å². The summed E-state index contributed by atoms with van der Waals surface area (Å²) >= 11 is 1.83. The van der Waals surface area contributed by atoms with Gasteiger partial charge in [0.05, 0.1) is 11.0 Å². The molecule has 4 nitrogen and oxygen atoms in total. The second-order valence-electron chi connectivity index (χ2n) is 12.4. The van der Waals surface area contributed by atoms with Crippen molar-refractivity contribution < 1.29 is 0 Å². The molecule has 5 heteroatoms. The summed E-state index contributed by atoms with van der Waals surface area (Å²) in [6.07, 6.45) is 0. The number of hydrogen-bond donors (Lipinski definition) is 0. The zero-order chi connectivity index (χ0) is 33.0. The summed E-state index contributed by atoms with van der Waals surface area (Å²) in [6.45, 7) is 0. The number of para-hydroxylation sites is 1. The van der Waals surface area contributed by atoms with Gasteiger partial charge in [0.2, 0.25) is 0 Å². The minimum atomic E-state index is 0.663. The summed E-state index contributed by atoms with van der Waals surface area (Å²) in [5, 5.41) is 4.95. The van der Waals surface area contributed by atoms with E-state index in [-0.39, 0.29) is 0 Å². The minimum Gasteiger partial charge on any atom is -0.309 e. The number of thiophene rings is 1. The van der Waals surface area contributed by atoms with Crippen molar-refractivity contribution in [1.82, 2.24) is 19.5 Å². The Morgan fingerprint density at radius 3 is 1.66 bits per heavy atom. The summed E-state index contributed by atoms with van der Waals surface area (Å²) in [7, 11) is 0. The lowest BCUT2D eigenvalue weighted by atomic mass is 10.1. The van der Waals surface area contributed by atoms with E-state index in [2.05, 4.69) is 138 Å². The zero-order valence-electron chi connectivity index (χ0n) is 26.9. The lowest BCUT2D eigenvalue weighted by Crippen LogP contribution is -2.00. The first-order valence-corrected chi connectivity index (χ1v) is 17.5. The van der Waals surface area contributed by atoms with Crippen LogP contribution in [-0.2, 0) is 0 Å². The number of aromatic nitrogens is 4. The van der Waals surface area contributed by atoms with E-state index in [1.807, 2.05) is 47.7 Å². The van der Waals surface area contributed by atoms with Crippen LogP contribution in [-0.4, -0.2) is 19.5 Å². The Balaban J connectivity index is 1.22. The van der Waals surface area contributed by atoms with Crippen LogP contribution in [0.25, 0.3) is 93.0 Å². The van der Waals surface area contributed by atoms with Gasteiger partial charge in [-0.15, -0.1) is 11.3 Å². The minimum absolute atomic E-state index is 0.663. The highest BCUT2D eigenvalue weighted by Gasteiger charge is 2.20. The van der Waals surface area contributed by atoms with Crippen molar-refractivity contribution in [3.63, 3.8) is 0 Å². The monoisotopic (exact) mass is 656 g/mol. The maximum absolute atomic E-state index is 5.09. The molecule has 0 unspecified atom stereocenters. The molecule has 10 rings (SSSR count). The largest absolute Gasteiger partial charge is 0.309 e. The summed E-state index contributed by atoms with van der Waals surface area (Å²) in [4.78, 5) is 15.1. The second kappa shape index (κ2) is 11.6. The van der Waals surface area contributed by atoms with Gasteiger partial charge in [0, 0.05) is 53.3 Å². The first-order chi connectivity index (χ1) is 24.8. The van der Waals surface area contributed by atoms with Gasteiger partial charge in [-0.05, 0) is 41.5 Å². The molecule has 0 bridgehead atoms. The molecule has 0 aliphatic rings. The standard InChI is InChI=1S/C45H28N4S/c1-4-14-29(15-5-1)32-20-12-21-33(28-32)49-38-25-11-10-22-36(38)40-39(49)27-26-35-34-23-13-24-37(41(34)50-42(35)40)45-47-43(30-16-6-2-7-17-30)46-44(48-45)31-18-8-3-9-19-31/h1-28H. The lowest BCUT2D eigenvalue weighted by Gasteiger charge is -2.10. The molecule has 0 atom stereocenters. The molecule has 0 fully saturated rings. The van der Waals surface area contributed by atoms with E-state index in [9.17, 15) is 0 Å². The summed E-state index contributed by atoms with van der Waals surface area (Å²) in [5.74, 6) is 2.00. The van der Waals surface area contributed by atoms with Gasteiger partial charge in [-0.25, -0.2) is 15.0 Å². The van der Waals surface area contributed by atoms with E-state index in [1.54, 1.807) is 0 Å². The summed E-state index contributed by atoms with van der Waals surface area (Å²) < 4.78 is 4.84. The molecule has 0 aliphatic carbocycles. The highest BCUT2D eigenvalue weighted by atomic mass is 32.1. The molecule has 0 saturated carbocycles. The summed E-state index contributed by atoms with van der Waals surface area (Å²) in [5.41, 5.74) is 8.86. The maximum Gasteiger partial charge on any atom is 0.165 e. The quantitative estimate of drug-likeness (QED) is 0.185. The molecule has 3 heterocycles. The fraction of sp³-hybridized carbons (Fsp3) is 0. The van der Waals surface area contributed by atoms with Crippen LogP contribution in [0.3, 0.4) is 0 Å². The Labute approximate surface area is 292 Å². The molecular formula is C45H28N4S. The zero-order valence-corrected chi connectivity index (χ0v) is 27.7. The van der Waals surface area contributed by atoms with Crippen LogP contribution in [0.4, 0.5) is 0 Å². The van der Waals surface area contributed by atoms with Gasteiger partial charge in [-0.2, -0.15) is 0 Å². The first kappa shape index (κ1) is 28.6. The van der Waals surface area contributed by atoms with E-state index in [1.165, 1.54) is 53.1 Å². The van der Waals surface area contributed by atoms with Gasteiger partial charge in [0.1, 0.15) is 0 Å². The van der Waals surface area contributed by atoms with Gasteiger partial charge < -0.3 is 4.57 Å². The molecule has 0 spiro atoms. The van der Waals surface area contributed by atoms with E-state index < -0.39 is 0 Å². The van der Waals surface area contributed by atoms with Crippen molar-refractivity contribution in [2.24, 2.45) is 0 Å². The molecule has 0 N–H and O–H groups in total. The third-order valence-electron chi connectivity index (χ3n) is 9.45. The van der Waals surface area contributed by atoms with Crippen molar-refractivity contribution in [2.45, 2.75) is 0 Å². The van der Waals surface area contributed by atoms with E-state index in [0.717, 1.165) is 22.4 Å². The van der Waals surface area contributed by atoms with Crippen molar-refractivity contribution in [1.29, 1.82) is 0 Å². The van der Waals surface area contributed by atoms with Crippen LogP contribution in [0.2, 0.25) is 0 Å². The first-order valence-electron chi connectivity index (χ1n) is 16.7. The molecule has 3 aromatic heterocycles. The topological polar surface area (TPSA) is 43.6 Å². The van der Waals surface area contributed by atoms with E-state index in [4.69, 9.17) is 15.0 Å². The molecule has 0 aliphatic heterocycles. The van der Waals surface area contributed by atoms with Gasteiger partial charge in [0.25, 0.3) is 0 Å². The number of benzene rings is 7. The maximum atomic E-state index is 5.09. The third kappa shape index (κ3) is 4.63. The normalized spacial score (nSPS) is 11.6. The Hall–Kier alpha value is -6.43. The SMILES string of the molecule is c1ccc(-c2cccc(-n3c4ccccc4c4c5sc6c(-c7nc(-c8ccccc8)nc(-c8ccccc8)n7)cccc6c5ccc43)c2)cc1. The van der Waals surface area contributed by atoms with Crippen LogP contribution in [0.15, 0.2) is 170 Å². The molecule has 0 radical (unpaired) electrons.